The second-order valence-electron chi connectivity index (χ2n) is 6.86. The number of benzene rings is 1. The molecule has 3 aliphatic rings. The van der Waals surface area contributed by atoms with E-state index in [1.165, 1.54) is 12.8 Å². The Labute approximate surface area is 154 Å². The fourth-order valence-corrected chi connectivity index (χ4v) is 3.89. The maximum atomic E-state index is 6.37. The van der Waals surface area contributed by atoms with Crippen molar-refractivity contribution in [3.8, 4) is 5.69 Å². The molecule has 0 saturated heterocycles. The highest BCUT2D eigenvalue weighted by atomic mass is 35.5. The van der Waals surface area contributed by atoms with Crippen LogP contribution in [0, 0.1) is 5.92 Å². The van der Waals surface area contributed by atoms with Crippen LogP contribution in [-0.2, 0) is 6.42 Å². The number of hydrogen-bond donors (Lipinski definition) is 0. The summed E-state index contributed by atoms with van der Waals surface area (Å²) in [5, 5.41) is 12.9. The highest BCUT2D eigenvalue weighted by molar-refractivity contribution is 6.29. The van der Waals surface area contributed by atoms with E-state index in [9.17, 15) is 0 Å². The number of fused-ring (bicyclic) bond motifs is 6. The third-order valence-electron chi connectivity index (χ3n) is 5.09. The Morgan fingerprint density at radius 2 is 2.08 bits per heavy atom. The molecular formula is C17H15ClN8. The molecular weight excluding hydrogens is 352 g/mol. The topological polar surface area (TPSA) is 67.4 Å². The first-order chi connectivity index (χ1) is 12.8. The van der Waals surface area contributed by atoms with E-state index in [1.807, 2.05) is 39.1 Å². The first kappa shape index (κ1) is 14.3. The Morgan fingerprint density at radius 1 is 1.19 bits per heavy atom. The summed E-state index contributed by atoms with van der Waals surface area (Å²) in [6.07, 6.45) is 8.89. The maximum Gasteiger partial charge on any atom is 0.209 e. The van der Waals surface area contributed by atoms with E-state index in [1.54, 1.807) is 17.3 Å². The largest absolute Gasteiger partial charge is 0.268 e. The van der Waals surface area contributed by atoms with Crippen LogP contribution in [0.2, 0.25) is 5.28 Å². The lowest BCUT2D eigenvalue weighted by atomic mass is 10.1. The molecule has 0 amide bonds. The third-order valence-corrected chi connectivity index (χ3v) is 5.35. The molecule has 1 aromatic carbocycles. The molecule has 0 spiro atoms. The molecule has 1 saturated carbocycles. The normalized spacial score (nSPS) is 20.3. The molecule has 3 aromatic rings. The predicted molar refractivity (Wildman–Crippen MR) is 97.0 cm³/mol. The zero-order valence-corrected chi connectivity index (χ0v) is 14.5. The van der Waals surface area contributed by atoms with Crippen LogP contribution in [0.3, 0.4) is 0 Å². The van der Waals surface area contributed by atoms with Crippen molar-refractivity contribution in [1.82, 2.24) is 24.7 Å². The monoisotopic (exact) mass is 366 g/mol. The van der Waals surface area contributed by atoms with Gasteiger partial charge in [-0.3, -0.25) is 4.57 Å². The molecule has 1 unspecified atom stereocenters. The molecule has 0 radical (unpaired) electrons. The summed E-state index contributed by atoms with van der Waals surface area (Å²) in [6.45, 7) is 0. The van der Waals surface area contributed by atoms with Gasteiger partial charge in [-0.1, -0.05) is 18.2 Å². The molecule has 4 heterocycles. The molecule has 9 heteroatoms. The quantitative estimate of drug-likeness (QED) is 0.712. The fourth-order valence-electron chi connectivity index (χ4n) is 3.66. The van der Waals surface area contributed by atoms with Gasteiger partial charge in [0.2, 0.25) is 5.28 Å². The first-order valence-electron chi connectivity index (χ1n) is 8.65. The lowest BCUT2D eigenvalue weighted by molar-refractivity contribution is 0.541. The van der Waals surface area contributed by atoms with Crippen LogP contribution < -0.4 is 10.1 Å². The number of halogens is 1. The van der Waals surface area contributed by atoms with Crippen LogP contribution in [0.25, 0.3) is 5.69 Å². The number of hydrazine groups is 1. The molecule has 6 rings (SSSR count). The summed E-state index contributed by atoms with van der Waals surface area (Å²) >= 11 is 6.37. The number of para-hydroxylation sites is 1. The second kappa shape index (κ2) is 5.07. The van der Waals surface area contributed by atoms with Crippen molar-refractivity contribution < 1.29 is 0 Å². The number of aromatic nitrogens is 5. The van der Waals surface area contributed by atoms with Crippen LogP contribution in [0.4, 0.5) is 5.82 Å². The predicted octanol–water partition coefficient (Wildman–Crippen LogP) is 2.48. The minimum Gasteiger partial charge on any atom is -0.268 e. The van der Waals surface area contributed by atoms with Gasteiger partial charge in [-0.15, -0.1) is 9.89 Å². The SMILES string of the molecule is Clc1ncc2n1-c1ccccc1C1N=CN(n3cc(CC4CC4)nn3)N21. The highest BCUT2D eigenvalue weighted by Gasteiger charge is 2.40. The molecule has 0 bridgehead atoms. The lowest BCUT2D eigenvalue weighted by Crippen LogP contribution is -2.49. The van der Waals surface area contributed by atoms with Crippen molar-refractivity contribution in [1.29, 1.82) is 0 Å². The summed E-state index contributed by atoms with van der Waals surface area (Å²) in [5.74, 6) is 1.61. The highest BCUT2D eigenvalue weighted by Crippen LogP contribution is 2.42. The van der Waals surface area contributed by atoms with E-state index >= 15 is 0 Å². The van der Waals surface area contributed by atoms with Gasteiger partial charge < -0.3 is 0 Å². The van der Waals surface area contributed by atoms with E-state index in [-0.39, 0.29) is 6.17 Å². The summed E-state index contributed by atoms with van der Waals surface area (Å²) in [4.78, 5) is 10.7. The standard InChI is InChI=1S/C17H15ClN8/c18-17-19-8-15-25(17)14-4-2-1-3-13(14)16-20-10-24(26(15)16)23-9-12(21-22-23)7-11-5-6-11/h1-4,8-11,16H,5-7H2. The average molecular weight is 367 g/mol. The number of anilines is 1. The number of aliphatic imine (C=N–C) groups is 1. The van der Waals surface area contributed by atoms with Crippen molar-refractivity contribution in [3.63, 3.8) is 0 Å². The van der Waals surface area contributed by atoms with Gasteiger partial charge in [0.1, 0.15) is 6.34 Å². The Bertz CT molecular complexity index is 1030. The molecule has 0 N–H and O–H groups in total. The average Bonchev–Trinajstić information content (AvgIpc) is 3.05. The van der Waals surface area contributed by atoms with Gasteiger partial charge in [-0.2, -0.15) is 5.12 Å². The van der Waals surface area contributed by atoms with E-state index in [2.05, 4.69) is 21.4 Å². The van der Waals surface area contributed by atoms with Crippen LogP contribution in [-0.4, -0.2) is 31.0 Å². The summed E-state index contributed by atoms with van der Waals surface area (Å²) in [6, 6.07) is 8.10. The summed E-state index contributed by atoms with van der Waals surface area (Å²) in [5.41, 5.74) is 3.07. The van der Waals surface area contributed by atoms with Crippen molar-refractivity contribution in [2.24, 2.45) is 10.9 Å². The van der Waals surface area contributed by atoms with Crippen molar-refractivity contribution >= 4 is 23.8 Å². The van der Waals surface area contributed by atoms with Gasteiger partial charge >= 0.3 is 0 Å². The van der Waals surface area contributed by atoms with Crippen molar-refractivity contribution in [2.45, 2.75) is 25.4 Å². The van der Waals surface area contributed by atoms with Crippen molar-refractivity contribution in [2.75, 3.05) is 10.1 Å². The lowest BCUT2D eigenvalue weighted by Gasteiger charge is -2.36. The third kappa shape index (κ3) is 1.96. The molecule has 1 atom stereocenters. The van der Waals surface area contributed by atoms with Gasteiger partial charge in [-0.25, -0.2) is 15.0 Å². The van der Waals surface area contributed by atoms with Crippen molar-refractivity contribution in [3.05, 3.63) is 53.2 Å². The molecule has 8 nitrogen and oxygen atoms in total. The zero-order chi connectivity index (χ0) is 17.3. The van der Waals surface area contributed by atoms with E-state index in [0.717, 1.165) is 35.1 Å². The van der Waals surface area contributed by atoms with Gasteiger partial charge in [0.15, 0.2) is 12.0 Å². The number of rotatable bonds is 3. The molecule has 2 aliphatic heterocycles. The van der Waals surface area contributed by atoms with Gasteiger partial charge in [0.25, 0.3) is 0 Å². The number of imidazole rings is 1. The second-order valence-corrected chi connectivity index (χ2v) is 7.20. The van der Waals surface area contributed by atoms with E-state index in [0.29, 0.717) is 5.28 Å². The minimum atomic E-state index is -0.178. The van der Waals surface area contributed by atoms with Crippen LogP contribution in [0.5, 0.6) is 0 Å². The van der Waals surface area contributed by atoms with Gasteiger partial charge in [0.05, 0.1) is 23.8 Å². The van der Waals surface area contributed by atoms with E-state index < -0.39 is 0 Å². The maximum absolute atomic E-state index is 6.37. The Kier molecular flexibility index (Phi) is 2.79. The molecule has 26 heavy (non-hydrogen) atoms. The number of nitrogens with zero attached hydrogens (tertiary/aromatic N) is 8. The van der Waals surface area contributed by atoms with Crippen LogP contribution in [0.1, 0.15) is 30.3 Å². The smallest absolute Gasteiger partial charge is 0.209 e. The molecule has 2 aromatic heterocycles. The molecule has 1 fully saturated rings. The first-order valence-corrected chi connectivity index (χ1v) is 9.03. The Hall–Kier alpha value is -2.87. The number of hydrogen-bond acceptors (Lipinski definition) is 6. The van der Waals surface area contributed by atoms with Gasteiger partial charge in [-0.05, 0) is 48.1 Å². The summed E-state index contributed by atoms with van der Waals surface area (Å²) in [7, 11) is 0. The van der Waals surface area contributed by atoms with Gasteiger partial charge in [0, 0.05) is 5.56 Å². The van der Waals surface area contributed by atoms with Crippen LogP contribution >= 0.6 is 11.6 Å². The fraction of sp³-hybridized carbons (Fsp3) is 0.294. The summed E-state index contributed by atoms with van der Waals surface area (Å²) < 4.78 is 1.93. The zero-order valence-electron chi connectivity index (χ0n) is 13.8. The van der Waals surface area contributed by atoms with E-state index in [4.69, 9.17) is 16.6 Å². The Morgan fingerprint density at radius 3 is 2.96 bits per heavy atom. The Balaban J connectivity index is 1.44. The molecule has 1 aliphatic carbocycles. The molecule has 130 valence electrons. The van der Waals surface area contributed by atoms with Crippen LogP contribution in [0.15, 0.2) is 41.7 Å². The minimum absolute atomic E-state index is 0.178.